The fourth-order valence-corrected chi connectivity index (χ4v) is 12.4. The van der Waals surface area contributed by atoms with Gasteiger partial charge in [-0.15, -0.1) is 0 Å². The first-order valence-corrected chi connectivity index (χ1v) is 30.0. The van der Waals surface area contributed by atoms with Crippen LogP contribution in [0.3, 0.4) is 0 Å². The third-order valence-corrected chi connectivity index (χ3v) is 17.1. The van der Waals surface area contributed by atoms with E-state index in [0.29, 0.717) is 34.9 Å². The highest BCUT2D eigenvalue weighted by atomic mass is 16.3. The number of hydrogen-bond acceptors (Lipinski definition) is 8. The predicted octanol–water partition coefficient (Wildman–Crippen LogP) is 21.3. The first-order valence-electron chi connectivity index (χ1n) is 30.0. The molecule has 4 heterocycles. The Kier molecular flexibility index (Phi) is 12.7. The van der Waals surface area contributed by atoms with Crippen molar-refractivity contribution in [3.05, 3.63) is 303 Å². The van der Waals surface area contributed by atoms with Gasteiger partial charge in [0.05, 0.1) is 0 Å². The fourth-order valence-electron chi connectivity index (χ4n) is 12.4. The minimum absolute atomic E-state index is 0.586. The van der Waals surface area contributed by atoms with E-state index in [1.54, 1.807) is 0 Å². The van der Waals surface area contributed by atoms with Crippen molar-refractivity contribution in [1.82, 2.24) is 29.9 Å². The van der Waals surface area contributed by atoms with Crippen molar-refractivity contribution >= 4 is 54.6 Å². The molecule has 0 saturated heterocycles. The molecule has 13 aromatic carbocycles. The van der Waals surface area contributed by atoms with Gasteiger partial charge >= 0.3 is 0 Å². The van der Waals surface area contributed by atoms with Crippen LogP contribution in [0.1, 0.15) is 0 Å². The molecule has 8 nitrogen and oxygen atoms in total. The van der Waals surface area contributed by atoms with Crippen LogP contribution in [-0.2, 0) is 0 Å². The lowest BCUT2D eigenvalue weighted by Gasteiger charge is -2.13. The number of rotatable bonds is 11. The van der Waals surface area contributed by atoms with Gasteiger partial charge in [0.1, 0.15) is 22.3 Å². The van der Waals surface area contributed by atoms with Gasteiger partial charge in [-0.3, -0.25) is 0 Å². The Bertz CT molecular complexity index is 5570. The molecule has 0 fully saturated rings. The maximum Gasteiger partial charge on any atom is 0.164 e. The standard InChI is InChI=1S/C82H50N6O2/c1-3-14-51(15-4-1)52-26-34-57(35-27-52)78-84-79(86-80(85-78)59-40-32-55(33-41-59)63-42-44-70-68-22-9-11-24-73(68)89-75(70)49-63)58-36-28-53(29-37-58)61-18-13-19-62(48-61)54-30-38-60(39-31-54)81-83-77(56-16-5-2-6-17-56)87-82(88-81)72-47-46-65(66-20-7-8-21-67(66)72)64-43-45-71-69-23-10-12-25-74(69)90-76(71)50-64/h1-50H. The van der Waals surface area contributed by atoms with Crippen LogP contribution in [0, 0.1) is 0 Å². The summed E-state index contributed by atoms with van der Waals surface area (Å²) >= 11 is 0. The van der Waals surface area contributed by atoms with E-state index in [4.69, 9.17) is 38.7 Å². The largest absolute Gasteiger partial charge is 0.456 e. The van der Waals surface area contributed by atoms with Crippen LogP contribution in [0.2, 0.25) is 0 Å². The van der Waals surface area contributed by atoms with Gasteiger partial charge in [0.2, 0.25) is 0 Å². The van der Waals surface area contributed by atoms with E-state index in [1.165, 1.54) is 0 Å². The zero-order valence-corrected chi connectivity index (χ0v) is 48.4. The first-order chi connectivity index (χ1) is 44.5. The minimum atomic E-state index is 0.586. The highest BCUT2D eigenvalue weighted by Crippen LogP contribution is 2.40. The number of benzene rings is 13. The Morgan fingerprint density at radius 1 is 0.156 bits per heavy atom. The van der Waals surface area contributed by atoms with Crippen LogP contribution in [0.4, 0.5) is 0 Å². The maximum atomic E-state index is 6.32. The summed E-state index contributed by atoms with van der Waals surface area (Å²) in [6.45, 7) is 0. The summed E-state index contributed by atoms with van der Waals surface area (Å²) in [4.78, 5) is 30.9. The van der Waals surface area contributed by atoms with Crippen molar-refractivity contribution in [2.45, 2.75) is 0 Å². The maximum absolute atomic E-state index is 6.32. The predicted molar refractivity (Wildman–Crippen MR) is 365 cm³/mol. The summed E-state index contributed by atoms with van der Waals surface area (Å²) in [5.74, 6) is 3.56. The lowest BCUT2D eigenvalue weighted by Crippen LogP contribution is -2.00. The first kappa shape index (κ1) is 52.1. The van der Waals surface area contributed by atoms with Crippen molar-refractivity contribution < 1.29 is 8.83 Å². The third kappa shape index (κ3) is 9.62. The molecule has 0 aliphatic carbocycles. The molecule has 17 rings (SSSR count). The van der Waals surface area contributed by atoms with E-state index in [1.807, 2.05) is 72.8 Å². The van der Waals surface area contributed by atoms with Crippen LogP contribution in [-0.4, -0.2) is 29.9 Å². The molecule has 90 heavy (non-hydrogen) atoms. The zero-order valence-electron chi connectivity index (χ0n) is 48.4. The van der Waals surface area contributed by atoms with Crippen molar-refractivity contribution in [2.24, 2.45) is 0 Å². The molecule has 0 saturated carbocycles. The number of aromatic nitrogens is 6. The summed E-state index contributed by atoms with van der Waals surface area (Å²) in [7, 11) is 0. The van der Waals surface area contributed by atoms with E-state index in [0.717, 1.165) is 144 Å². The topological polar surface area (TPSA) is 104 Å². The Morgan fingerprint density at radius 2 is 0.433 bits per heavy atom. The number of para-hydroxylation sites is 2. The molecular formula is C82H50N6O2. The molecular weight excluding hydrogens is 1100 g/mol. The van der Waals surface area contributed by atoms with Gasteiger partial charge in [-0.25, -0.2) is 29.9 Å². The lowest BCUT2D eigenvalue weighted by atomic mass is 9.94. The van der Waals surface area contributed by atoms with Gasteiger partial charge < -0.3 is 8.83 Å². The smallest absolute Gasteiger partial charge is 0.164 e. The minimum Gasteiger partial charge on any atom is -0.456 e. The molecule has 0 bridgehead atoms. The van der Waals surface area contributed by atoms with E-state index in [9.17, 15) is 0 Å². The van der Waals surface area contributed by atoms with E-state index >= 15 is 0 Å². The molecule has 17 aromatic rings. The number of nitrogens with zero attached hydrogens (tertiary/aromatic N) is 6. The van der Waals surface area contributed by atoms with Crippen LogP contribution < -0.4 is 0 Å². The second-order valence-electron chi connectivity index (χ2n) is 22.6. The van der Waals surface area contributed by atoms with Gasteiger partial charge in [0, 0.05) is 54.9 Å². The van der Waals surface area contributed by atoms with Gasteiger partial charge in [0.15, 0.2) is 34.9 Å². The van der Waals surface area contributed by atoms with Crippen molar-refractivity contribution in [1.29, 1.82) is 0 Å². The molecule has 0 aliphatic rings. The fraction of sp³-hybridized carbons (Fsp3) is 0. The SMILES string of the molecule is c1ccc(-c2ccc(-c3nc(-c4ccc(-c5cccc(-c6ccc(-c7nc(-c8ccccc8)nc(-c8ccc(-c9ccc%10c(c9)oc9ccccc9%10)c9ccccc89)n7)cc6)c5)cc4)nc(-c4ccc(-c5ccc6c(c5)oc5ccccc56)cc4)n3)cc2)cc1. The highest BCUT2D eigenvalue weighted by Gasteiger charge is 2.19. The van der Waals surface area contributed by atoms with Crippen LogP contribution in [0.25, 0.3) is 179 Å². The van der Waals surface area contributed by atoms with Crippen molar-refractivity contribution in [3.63, 3.8) is 0 Å². The second-order valence-corrected chi connectivity index (χ2v) is 22.6. The van der Waals surface area contributed by atoms with Crippen molar-refractivity contribution in [3.8, 4) is 124 Å². The third-order valence-electron chi connectivity index (χ3n) is 17.1. The molecule has 8 heteroatoms. The number of furan rings is 2. The molecule has 0 N–H and O–H groups in total. The van der Waals surface area contributed by atoms with Crippen LogP contribution >= 0.6 is 0 Å². The average Bonchev–Trinajstić information content (AvgIpc) is 1.37. The average molecular weight is 1150 g/mol. The summed E-state index contributed by atoms with van der Waals surface area (Å²) in [5.41, 5.74) is 19.8. The van der Waals surface area contributed by atoms with E-state index in [2.05, 4.69) is 231 Å². The molecule has 0 unspecified atom stereocenters. The van der Waals surface area contributed by atoms with Crippen LogP contribution in [0.5, 0.6) is 0 Å². The summed E-state index contributed by atoms with van der Waals surface area (Å²) in [6.07, 6.45) is 0. The molecule has 0 radical (unpaired) electrons. The number of hydrogen-bond donors (Lipinski definition) is 0. The van der Waals surface area contributed by atoms with Crippen LogP contribution in [0.15, 0.2) is 312 Å². The zero-order chi connectivity index (χ0) is 59.5. The lowest BCUT2D eigenvalue weighted by molar-refractivity contribution is 0.668. The highest BCUT2D eigenvalue weighted by molar-refractivity contribution is 6.09. The van der Waals surface area contributed by atoms with Gasteiger partial charge in [-0.05, 0) is 115 Å². The molecule has 4 aromatic heterocycles. The Balaban J connectivity index is 0.668. The second kappa shape index (κ2) is 21.9. The van der Waals surface area contributed by atoms with Gasteiger partial charge in [-0.2, -0.15) is 0 Å². The normalized spacial score (nSPS) is 11.6. The van der Waals surface area contributed by atoms with E-state index in [-0.39, 0.29) is 0 Å². The summed E-state index contributed by atoms with van der Waals surface area (Å²) in [6, 6.07) is 105. The molecule has 420 valence electrons. The van der Waals surface area contributed by atoms with E-state index < -0.39 is 0 Å². The summed E-state index contributed by atoms with van der Waals surface area (Å²) < 4.78 is 12.6. The quantitative estimate of drug-likeness (QED) is 0.126. The Hall–Kier alpha value is -12.3. The molecule has 0 amide bonds. The molecule has 0 aliphatic heterocycles. The number of fused-ring (bicyclic) bond motifs is 7. The Labute approximate surface area is 517 Å². The summed E-state index contributed by atoms with van der Waals surface area (Å²) in [5, 5.41) is 6.57. The Morgan fingerprint density at radius 3 is 0.900 bits per heavy atom. The molecule has 0 atom stereocenters. The monoisotopic (exact) mass is 1150 g/mol. The van der Waals surface area contributed by atoms with Crippen molar-refractivity contribution in [2.75, 3.05) is 0 Å². The van der Waals surface area contributed by atoms with Gasteiger partial charge in [0.25, 0.3) is 0 Å². The molecule has 0 spiro atoms. The van der Waals surface area contributed by atoms with Gasteiger partial charge in [-0.1, -0.05) is 255 Å².